The lowest BCUT2D eigenvalue weighted by molar-refractivity contribution is -0.118. The van der Waals surface area contributed by atoms with Gasteiger partial charge in [0.25, 0.3) is 0 Å². The van der Waals surface area contributed by atoms with Gasteiger partial charge in [-0.05, 0) is 30.7 Å². The molecule has 0 saturated carbocycles. The fraction of sp³-hybridized carbons (Fsp3) is 0.364. The fourth-order valence-corrected chi connectivity index (χ4v) is 1.22. The fourth-order valence-electron chi connectivity index (χ4n) is 1.22. The van der Waals surface area contributed by atoms with Crippen molar-refractivity contribution in [1.29, 1.82) is 0 Å². The van der Waals surface area contributed by atoms with Gasteiger partial charge in [-0.25, -0.2) is 4.39 Å². The molecule has 14 heavy (non-hydrogen) atoms. The highest BCUT2D eigenvalue weighted by molar-refractivity contribution is 5.78. The minimum Gasteiger partial charge on any atom is -0.330 e. The normalized spacial score (nSPS) is 10.1. The number of hydrogen-bond acceptors (Lipinski definition) is 2. The van der Waals surface area contributed by atoms with Gasteiger partial charge in [0.2, 0.25) is 0 Å². The Morgan fingerprint density at radius 3 is 2.43 bits per heavy atom. The summed E-state index contributed by atoms with van der Waals surface area (Å²) >= 11 is 0. The van der Waals surface area contributed by atoms with E-state index in [0.29, 0.717) is 25.8 Å². The average molecular weight is 195 g/mol. The number of Topliss-reactive ketones (excluding diaryl/α,β-unsaturated/α-hetero) is 1. The van der Waals surface area contributed by atoms with E-state index in [0.717, 1.165) is 5.56 Å². The molecular formula is C11H14FNO. The molecule has 1 rings (SSSR count). The molecule has 0 aliphatic carbocycles. The lowest BCUT2D eigenvalue weighted by atomic mass is 10.1. The van der Waals surface area contributed by atoms with Crippen LogP contribution in [0.1, 0.15) is 18.4 Å². The van der Waals surface area contributed by atoms with Crippen LogP contribution in [0.2, 0.25) is 0 Å². The molecule has 0 aromatic heterocycles. The summed E-state index contributed by atoms with van der Waals surface area (Å²) in [6.07, 6.45) is 1.59. The number of ketones is 1. The first-order valence-corrected chi connectivity index (χ1v) is 4.68. The van der Waals surface area contributed by atoms with Gasteiger partial charge in [0.1, 0.15) is 11.6 Å². The van der Waals surface area contributed by atoms with E-state index in [9.17, 15) is 9.18 Å². The highest BCUT2D eigenvalue weighted by atomic mass is 19.1. The molecule has 0 spiro atoms. The van der Waals surface area contributed by atoms with Gasteiger partial charge in [0.15, 0.2) is 0 Å². The molecule has 3 heteroatoms. The summed E-state index contributed by atoms with van der Waals surface area (Å²) in [6, 6.07) is 6.21. The molecular weight excluding hydrogens is 181 g/mol. The maximum Gasteiger partial charge on any atom is 0.134 e. The van der Waals surface area contributed by atoms with Gasteiger partial charge >= 0.3 is 0 Å². The third kappa shape index (κ3) is 3.66. The molecule has 0 atom stereocenters. The number of halogens is 1. The molecule has 0 unspecified atom stereocenters. The Bertz CT molecular complexity index is 295. The summed E-state index contributed by atoms with van der Waals surface area (Å²) in [4.78, 5) is 11.1. The monoisotopic (exact) mass is 195 g/mol. The SMILES string of the molecule is NCCC(=O)CCc1ccc(F)cc1. The lowest BCUT2D eigenvalue weighted by Gasteiger charge is -2.00. The zero-order valence-corrected chi connectivity index (χ0v) is 8.00. The maximum atomic E-state index is 12.5. The predicted octanol–water partition coefficient (Wildman–Crippen LogP) is 1.68. The smallest absolute Gasteiger partial charge is 0.134 e. The predicted molar refractivity (Wildman–Crippen MR) is 53.4 cm³/mol. The number of rotatable bonds is 5. The minimum absolute atomic E-state index is 0.164. The van der Waals surface area contributed by atoms with Gasteiger partial charge in [-0.1, -0.05) is 12.1 Å². The van der Waals surface area contributed by atoms with E-state index in [2.05, 4.69) is 0 Å². The highest BCUT2D eigenvalue weighted by Crippen LogP contribution is 2.06. The van der Waals surface area contributed by atoms with Crippen LogP contribution in [0.4, 0.5) is 4.39 Å². The second-order valence-corrected chi connectivity index (χ2v) is 3.20. The van der Waals surface area contributed by atoms with Gasteiger partial charge in [-0.15, -0.1) is 0 Å². The highest BCUT2D eigenvalue weighted by Gasteiger charge is 2.01. The van der Waals surface area contributed by atoms with Crippen molar-refractivity contribution in [2.24, 2.45) is 5.73 Å². The summed E-state index contributed by atoms with van der Waals surface area (Å²) in [7, 11) is 0. The molecule has 0 aliphatic heterocycles. The Morgan fingerprint density at radius 1 is 1.21 bits per heavy atom. The number of hydrogen-bond donors (Lipinski definition) is 1. The minimum atomic E-state index is -0.248. The van der Waals surface area contributed by atoms with E-state index in [-0.39, 0.29) is 11.6 Å². The van der Waals surface area contributed by atoms with E-state index in [4.69, 9.17) is 5.73 Å². The summed E-state index contributed by atoms with van der Waals surface area (Å²) < 4.78 is 12.5. The van der Waals surface area contributed by atoms with E-state index in [1.54, 1.807) is 12.1 Å². The first-order chi connectivity index (χ1) is 6.72. The molecule has 0 heterocycles. The van der Waals surface area contributed by atoms with Crippen LogP contribution in [0.25, 0.3) is 0 Å². The lowest BCUT2D eigenvalue weighted by Crippen LogP contribution is -2.08. The van der Waals surface area contributed by atoms with E-state index >= 15 is 0 Å². The Labute approximate surface area is 82.9 Å². The van der Waals surface area contributed by atoms with E-state index < -0.39 is 0 Å². The third-order valence-corrected chi connectivity index (χ3v) is 2.03. The molecule has 0 radical (unpaired) electrons. The molecule has 0 bridgehead atoms. The van der Waals surface area contributed by atoms with Crippen LogP contribution >= 0.6 is 0 Å². The molecule has 1 aromatic carbocycles. The standard InChI is InChI=1S/C11H14FNO/c12-10-4-1-9(2-5-10)3-6-11(14)7-8-13/h1-2,4-5H,3,6-8,13H2. The Hall–Kier alpha value is -1.22. The second-order valence-electron chi connectivity index (χ2n) is 3.20. The van der Waals surface area contributed by atoms with Crippen molar-refractivity contribution < 1.29 is 9.18 Å². The number of nitrogens with two attached hydrogens (primary N) is 1. The van der Waals surface area contributed by atoms with E-state index in [1.165, 1.54) is 12.1 Å². The maximum absolute atomic E-state index is 12.5. The van der Waals surface area contributed by atoms with Crippen LogP contribution in [0.3, 0.4) is 0 Å². The van der Waals surface area contributed by atoms with Crippen molar-refractivity contribution in [3.8, 4) is 0 Å². The molecule has 2 nitrogen and oxygen atoms in total. The van der Waals surface area contributed by atoms with Crippen LogP contribution in [0.5, 0.6) is 0 Å². The van der Waals surface area contributed by atoms with Crippen molar-refractivity contribution in [2.45, 2.75) is 19.3 Å². The second kappa shape index (κ2) is 5.50. The number of carbonyl (C=O) groups is 1. The zero-order valence-electron chi connectivity index (χ0n) is 8.00. The summed E-state index contributed by atoms with van der Waals surface area (Å²) in [5, 5.41) is 0. The Balaban J connectivity index is 2.38. The number of benzene rings is 1. The van der Waals surface area contributed by atoms with Crippen molar-refractivity contribution >= 4 is 5.78 Å². The van der Waals surface area contributed by atoms with Crippen molar-refractivity contribution in [1.82, 2.24) is 0 Å². The molecule has 0 fully saturated rings. The van der Waals surface area contributed by atoms with Crippen LogP contribution in [-0.2, 0) is 11.2 Å². The van der Waals surface area contributed by atoms with Gasteiger partial charge in [0.05, 0.1) is 0 Å². The third-order valence-electron chi connectivity index (χ3n) is 2.03. The Morgan fingerprint density at radius 2 is 1.86 bits per heavy atom. The summed E-state index contributed by atoms with van der Waals surface area (Å²) in [5.74, 6) is -0.0844. The van der Waals surface area contributed by atoms with Gasteiger partial charge < -0.3 is 5.73 Å². The molecule has 1 aromatic rings. The summed E-state index contributed by atoms with van der Waals surface area (Å²) in [6.45, 7) is 0.405. The van der Waals surface area contributed by atoms with Crippen LogP contribution in [0.15, 0.2) is 24.3 Å². The van der Waals surface area contributed by atoms with Crippen molar-refractivity contribution in [2.75, 3.05) is 6.54 Å². The van der Waals surface area contributed by atoms with Crippen LogP contribution < -0.4 is 5.73 Å². The first kappa shape index (κ1) is 10.9. The van der Waals surface area contributed by atoms with E-state index in [1.807, 2.05) is 0 Å². The van der Waals surface area contributed by atoms with Crippen molar-refractivity contribution in [3.05, 3.63) is 35.6 Å². The zero-order chi connectivity index (χ0) is 10.4. The largest absolute Gasteiger partial charge is 0.330 e. The quantitative estimate of drug-likeness (QED) is 0.776. The van der Waals surface area contributed by atoms with Crippen LogP contribution in [-0.4, -0.2) is 12.3 Å². The molecule has 76 valence electrons. The summed E-state index contributed by atoms with van der Waals surface area (Å²) in [5.41, 5.74) is 6.23. The Kier molecular flexibility index (Phi) is 4.26. The first-order valence-electron chi connectivity index (χ1n) is 4.68. The topological polar surface area (TPSA) is 43.1 Å². The number of carbonyl (C=O) groups excluding carboxylic acids is 1. The molecule has 0 amide bonds. The average Bonchev–Trinajstić information content (AvgIpc) is 2.17. The van der Waals surface area contributed by atoms with Gasteiger partial charge in [0, 0.05) is 12.8 Å². The molecule has 2 N–H and O–H groups in total. The van der Waals surface area contributed by atoms with Gasteiger partial charge in [-0.3, -0.25) is 4.79 Å². The molecule has 0 saturated heterocycles. The molecule has 0 aliphatic rings. The van der Waals surface area contributed by atoms with Crippen molar-refractivity contribution in [3.63, 3.8) is 0 Å². The van der Waals surface area contributed by atoms with Gasteiger partial charge in [-0.2, -0.15) is 0 Å². The number of aryl methyl sites for hydroxylation is 1. The van der Waals surface area contributed by atoms with Crippen LogP contribution in [0, 0.1) is 5.82 Å².